The fourth-order valence-electron chi connectivity index (χ4n) is 2.02. The SMILES string of the molecule is Cc1cc(-c2cnc(-c3cnccc3N)[nH]2)ccc1F. The van der Waals surface area contributed by atoms with Crippen LogP contribution in [0.3, 0.4) is 0 Å². The van der Waals surface area contributed by atoms with Crippen LogP contribution < -0.4 is 5.73 Å². The maximum absolute atomic E-state index is 13.3. The van der Waals surface area contributed by atoms with Crippen LogP contribution in [0.4, 0.5) is 10.1 Å². The first-order chi connectivity index (χ1) is 9.65. The van der Waals surface area contributed by atoms with Crippen molar-refractivity contribution in [2.45, 2.75) is 6.92 Å². The molecular formula is C15H13FN4. The molecule has 0 saturated heterocycles. The fourth-order valence-corrected chi connectivity index (χ4v) is 2.02. The number of benzene rings is 1. The highest BCUT2D eigenvalue weighted by Gasteiger charge is 2.09. The number of nitrogens with two attached hydrogens (primary N) is 1. The first-order valence-corrected chi connectivity index (χ1v) is 6.16. The van der Waals surface area contributed by atoms with Crippen LogP contribution in [0.5, 0.6) is 0 Å². The van der Waals surface area contributed by atoms with Gasteiger partial charge in [-0.05, 0) is 36.8 Å². The summed E-state index contributed by atoms with van der Waals surface area (Å²) in [6, 6.07) is 6.66. The van der Waals surface area contributed by atoms with Crippen LogP contribution in [0, 0.1) is 12.7 Å². The number of halogens is 1. The van der Waals surface area contributed by atoms with Crippen molar-refractivity contribution in [2.24, 2.45) is 0 Å². The number of hydrogen-bond acceptors (Lipinski definition) is 3. The lowest BCUT2D eigenvalue weighted by atomic mass is 10.1. The minimum atomic E-state index is -0.218. The van der Waals surface area contributed by atoms with E-state index < -0.39 is 0 Å². The highest BCUT2D eigenvalue weighted by molar-refractivity contribution is 5.72. The van der Waals surface area contributed by atoms with E-state index >= 15 is 0 Å². The number of hydrogen-bond donors (Lipinski definition) is 2. The number of aromatic amines is 1. The Labute approximate surface area is 115 Å². The van der Waals surface area contributed by atoms with E-state index in [0.29, 0.717) is 17.1 Å². The molecule has 1 aromatic carbocycles. The van der Waals surface area contributed by atoms with Crippen LogP contribution in [0.2, 0.25) is 0 Å². The molecule has 2 aromatic heterocycles. The molecule has 3 aromatic rings. The maximum atomic E-state index is 13.3. The van der Waals surface area contributed by atoms with Gasteiger partial charge in [-0.2, -0.15) is 0 Å². The topological polar surface area (TPSA) is 67.6 Å². The molecule has 0 amide bonds. The number of nitrogens with zero attached hydrogens (tertiary/aromatic N) is 2. The number of imidazole rings is 1. The van der Waals surface area contributed by atoms with E-state index in [1.807, 2.05) is 0 Å². The Morgan fingerprint density at radius 3 is 2.80 bits per heavy atom. The van der Waals surface area contributed by atoms with E-state index in [0.717, 1.165) is 16.8 Å². The van der Waals surface area contributed by atoms with Gasteiger partial charge >= 0.3 is 0 Å². The average molecular weight is 268 g/mol. The second-order valence-corrected chi connectivity index (χ2v) is 4.57. The third kappa shape index (κ3) is 2.14. The van der Waals surface area contributed by atoms with Crippen molar-refractivity contribution in [3.8, 4) is 22.6 Å². The van der Waals surface area contributed by atoms with Crippen LogP contribution >= 0.6 is 0 Å². The summed E-state index contributed by atoms with van der Waals surface area (Å²) < 4.78 is 13.3. The Hall–Kier alpha value is -2.69. The molecule has 0 radical (unpaired) electrons. The summed E-state index contributed by atoms with van der Waals surface area (Å²) in [5.74, 6) is 0.428. The first kappa shape index (κ1) is 12.3. The van der Waals surface area contributed by atoms with Gasteiger partial charge in [-0.25, -0.2) is 9.37 Å². The molecule has 0 aliphatic carbocycles. The van der Waals surface area contributed by atoms with Gasteiger partial charge in [-0.15, -0.1) is 0 Å². The highest BCUT2D eigenvalue weighted by Crippen LogP contribution is 2.26. The van der Waals surface area contributed by atoms with Crippen molar-refractivity contribution in [2.75, 3.05) is 5.73 Å². The van der Waals surface area contributed by atoms with Gasteiger partial charge in [0.15, 0.2) is 0 Å². The number of anilines is 1. The molecule has 2 heterocycles. The second kappa shape index (κ2) is 4.77. The van der Waals surface area contributed by atoms with Crippen molar-refractivity contribution >= 4 is 5.69 Å². The average Bonchev–Trinajstić information content (AvgIpc) is 2.92. The molecular weight excluding hydrogens is 255 g/mol. The number of rotatable bonds is 2. The molecule has 0 saturated carbocycles. The monoisotopic (exact) mass is 268 g/mol. The lowest BCUT2D eigenvalue weighted by molar-refractivity contribution is 0.619. The zero-order chi connectivity index (χ0) is 14.1. The summed E-state index contributed by atoms with van der Waals surface area (Å²) in [5, 5.41) is 0. The Kier molecular flexibility index (Phi) is 2.95. The van der Waals surface area contributed by atoms with Crippen LogP contribution in [-0.4, -0.2) is 15.0 Å². The molecule has 4 nitrogen and oxygen atoms in total. The molecule has 0 aliphatic heterocycles. The van der Waals surface area contributed by atoms with E-state index in [2.05, 4.69) is 15.0 Å². The number of aromatic nitrogens is 3. The standard InChI is InChI=1S/C15H13FN4/c1-9-6-10(2-3-12(9)16)14-8-19-15(20-14)11-7-18-5-4-13(11)17/h2-8H,1H3,(H2,17,18)(H,19,20). The Morgan fingerprint density at radius 2 is 2.05 bits per heavy atom. The minimum absolute atomic E-state index is 0.218. The lowest BCUT2D eigenvalue weighted by Gasteiger charge is -2.02. The minimum Gasteiger partial charge on any atom is -0.398 e. The summed E-state index contributed by atoms with van der Waals surface area (Å²) in [7, 11) is 0. The quantitative estimate of drug-likeness (QED) is 0.750. The molecule has 0 bridgehead atoms. The van der Waals surface area contributed by atoms with Crippen LogP contribution in [0.25, 0.3) is 22.6 Å². The third-order valence-corrected chi connectivity index (χ3v) is 3.15. The number of H-pyrrole nitrogens is 1. The number of aryl methyl sites for hydroxylation is 1. The maximum Gasteiger partial charge on any atom is 0.141 e. The molecule has 0 fully saturated rings. The Bertz CT molecular complexity index is 764. The van der Waals surface area contributed by atoms with Gasteiger partial charge in [0.2, 0.25) is 0 Å². The molecule has 3 rings (SSSR count). The first-order valence-electron chi connectivity index (χ1n) is 6.16. The molecule has 0 aliphatic rings. The number of pyridine rings is 1. The molecule has 0 spiro atoms. The summed E-state index contributed by atoms with van der Waals surface area (Å²) in [5.41, 5.74) is 9.54. The normalized spacial score (nSPS) is 10.7. The van der Waals surface area contributed by atoms with Gasteiger partial charge in [0, 0.05) is 23.6 Å². The van der Waals surface area contributed by atoms with E-state index in [1.54, 1.807) is 43.7 Å². The van der Waals surface area contributed by atoms with Crippen LogP contribution in [0.15, 0.2) is 42.9 Å². The molecule has 3 N–H and O–H groups in total. The van der Waals surface area contributed by atoms with Crippen molar-refractivity contribution in [3.05, 3.63) is 54.2 Å². The van der Waals surface area contributed by atoms with E-state index in [4.69, 9.17) is 5.73 Å². The number of nitrogen functional groups attached to an aromatic ring is 1. The van der Waals surface area contributed by atoms with E-state index in [1.165, 1.54) is 6.07 Å². The van der Waals surface area contributed by atoms with Gasteiger partial charge < -0.3 is 10.7 Å². The summed E-state index contributed by atoms with van der Waals surface area (Å²) in [6.45, 7) is 1.73. The smallest absolute Gasteiger partial charge is 0.141 e. The fraction of sp³-hybridized carbons (Fsp3) is 0.0667. The molecule has 0 atom stereocenters. The second-order valence-electron chi connectivity index (χ2n) is 4.57. The zero-order valence-electron chi connectivity index (χ0n) is 10.9. The van der Waals surface area contributed by atoms with Crippen LogP contribution in [-0.2, 0) is 0 Å². The largest absolute Gasteiger partial charge is 0.398 e. The van der Waals surface area contributed by atoms with Crippen molar-refractivity contribution in [1.29, 1.82) is 0 Å². The van der Waals surface area contributed by atoms with Gasteiger partial charge in [-0.1, -0.05) is 0 Å². The number of nitrogens with one attached hydrogen (secondary N) is 1. The Balaban J connectivity index is 2.02. The predicted molar refractivity (Wildman–Crippen MR) is 76.4 cm³/mol. The molecule has 20 heavy (non-hydrogen) atoms. The van der Waals surface area contributed by atoms with Crippen LogP contribution in [0.1, 0.15) is 5.56 Å². The van der Waals surface area contributed by atoms with E-state index in [-0.39, 0.29) is 5.82 Å². The van der Waals surface area contributed by atoms with E-state index in [9.17, 15) is 4.39 Å². The summed E-state index contributed by atoms with van der Waals surface area (Å²) >= 11 is 0. The lowest BCUT2D eigenvalue weighted by Crippen LogP contribution is -1.92. The van der Waals surface area contributed by atoms with Gasteiger partial charge in [0.25, 0.3) is 0 Å². The van der Waals surface area contributed by atoms with Gasteiger partial charge in [0.1, 0.15) is 11.6 Å². The Morgan fingerprint density at radius 1 is 1.20 bits per heavy atom. The molecule has 100 valence electrons. The molecule has 5 heteroatoms. The zero-order valence-corrected chi connectivity index (χ0v) is 10.9. The van der Waals surface area contributed by atoms with Crippen molar-refractivity contribution in [3.63, 3.8) is 0 Å². The summed E-state index contributed by atoms with van der Waals surface area (Å²) in [6.07, 6.45) is 4.99. The van der Waals surface area contributed by atoms with Crippen molar-refractivity contribution in [1.82, 2.24) is 15.0 Å². The van der Waals surface area contributed by atoms with Gasteiger partial charge in [-0.3, -0.25) is 4.98 Å². The van der Waals surface area contributed by atoms with Gasteiger partial charge in [0.05, 0.1) is 17.5 Å². The predicted octanol–water partition coefficient (Wildman–Crippen LogP) is 3.17. The molecule has 0 unspecified atom stereocenters. The van der Waals surface area contributed by atoms with Crippen molar-refractivity contribution < 1.29 is 4.39 Å². The third-order valence-electron chi connectivity index (χ3n) is 3.15. The highest BCUT2D eigenvalue weighted by atomic mass is 19.1. The summed E-state index contributed by atoms with van der Waals surface area (Å²) in [4.78, 5) is 11.5.